The smallest absolute Gasteiger partial charge is 0.257 e. The predicted molar refractivity (Wildman–Crippen MR) is 101 cm³/mol. The van der Waals surface area contributed by atoms with Crippen molar-refractivity contribution >= 4 is 23.4 Å². The molecule has 1 aromatic carbocycles. The number of carbonyl (C=O) groups excluding carboxylic acids is 1. The summed E-state index contributed by atoms with van der Waals surface area (Å²) < 4.78 is 5.23. The van der Waals surface area contributed by atoms with E-state index in [9.17, 15) is 9.59 Å². The van der Waals surface area contributed by atoms with Crippen LogP contribution in [0.15, 0.2) is 46.0 Å². The van der Waals surface area contributed by atoms with Gasteiger partial charge in [0.1, 0.15) is 17.4 Å². The lowest BCUT2D eigenvalue weighted by atomic mass is 9.72. The first-order chi connectivity index (χ1) is 12.6. The lowest BCUT2D eigenvalue weighted by Crippen LogP contribution is -2.38. The van der Waals surface area contributed by atoms with Crippen molar-refractivity contribution in [2.24, 2.45) is 5.92 Å². The summed E-state index contributed by atoms with van der Waals surface area (Å²) in [5.74, 6) is 0.681. The molecule has 0 fully saturated rings. The lowest BCUT2D eigenvalue weighted by Gasteiger charge is -2.36. The first kappa shape index (κ1) is 16.9. The minimum atomic E-state index is -0.382. The lowest BCUT2D eigenvalue weighted by molar-refractivity contribution is -0.122. The fraction of sp³-hybridized carbons (Fsp3) is 0.316. The molecule has 0 bridgehead atoms. The Kier molecular flexibility index (Phi) is 4.32. The Morgan fingerprint density at radius 3 is 2.65 bits per heavy atom. The van der Waals surface area contributed by atoms with Gasteiger partial charge in [-0.3, -0.25) is 9.59 Å². The van der Waals surface area contributed by atoms with Crippen LogP contribution >= 0.6 is 11.8 Å². The Hall–Kier alpha value is -2.54. The molecule has 134 valence electrons. The van der Waals surface area contributed by atoms with Gasteiger partial charge >= 0.3 is 0 Å². The van der Waals surface area contributed by atoms with E-state index >= 15 is 0 Å². The van der Waals surface area contributed by atoms with E-state index in [1.165, 1.54) is 11.8 Å². The number of ketones is 1. The normalized spacial score (nSPS) is 21.3. The highest BCUT2D eigenvalue weighted by Crippen LogP contribution is 2.45. The van der Waals surface area contributed by atoms with Crippen LogP contribution in [-0.2, 0) is 4.79 Å². The quantitative estimate of drug-likeness (QED) is 0.639. The van der Waals surface area contributed by atoms with Crippen molar-refractivity contribution in [3.05, 3.63) is 57.5 Å². The van der Waals surface area contributed by atoms with Crippen LogP contribution in [0.5, 0.6) is 5.75 Å². The third-order valence-electron chi connectivity index (χ3n) is 4.95. The van der Waals surface area contributed by atoms with E-state index in [0.29, 0.717) is 29.4 Å². The molecule has 2 N–H and O–H groups in total. The highest BCUT2D eigenvalue weighted by atomic mass is 32.2. The maximum absolute atomic E-state index is 12.8. The fourth-order valence-electron chi connectivity index (χ4n) is 3.74. The monoisotopic (exact) mass is 369 g/mol. The van der Waals surface area contributed by atoms with Crippen LogP contribution in [0.2, 0.25) is 0 Å². The number of carbonyl (C=O) groups is 1. The topological polar surface area (TPSA) is 84.1 Å². The van der Waals surface area contributed by atoms with Gasteiger partial charge < -0.3 is 15.0 Å². The molecule has 1 aromatic heterocycles. The second-order valence-corrected chi connectivity index (χ2v) is 7.15. The molecule has 0 spiro atoms. The average Bonchev–Trinajstić information content (AvgIpc) is 2.66. The first-order valence-electron chi connectivity index (χ1n) is 8.44. The number of nitrogens with zero attached hydrogens (tertiary/aromatic N) is 1. The fourth-order valence-corrected chi connectivity index (χ4v) is 4.11. The van der Waals surface area contributed by atoms with E-state index in [1.54, 1.807) is 7.11 Å². The largest absolute Gasteiger partial charge is 0.497 e. The van der Waals surface area contributed by atoms with Gasteiger partial charge in [-0.15, -0.1) is 0 Å². The number of ether oxygens (including phenoxy) is 1. The van der Waals surface area contributed by atoms with Gasteiger partial charge in [0, 0.05) is 18.0 Å². The predicted octanol–water partition coefficient (Wildman–Crippen LogP) is 2.92. The van der Waals surface area contributed by atoms with Gasteiger partial charge in [-0.25, -0.2) is 4.98 Å². The molecule has 26 heavy (non-hydrogen) atoms. The summed E-state index contributed by atoms with van der Waals surface area (Å²) in [7, 11) is 1.61. The second kappa shape index (κ2) is 6.64. The summed E-state index contributed by atoms with van der Waals surface area (Å²) in [5.41, 5.74) is 2.07. The van der Waals surface area contributed by atoms with Crippen LogP contribution in [0.3, 0.4) is 0 Å². The molecule has 2 aromatic rings. The number of anilines is 1. The number of nitrogens with one attached hydrogen (secondary N) is 2. The Balaban J connectivity index is 1.93. The van der Waals surface area contributed by atoms with Crippen molar-refractivity contribution in [2.75, 3.05) is 18.7 Å². The number of benzene rings is 1. The van der Waals surface area contributed by atoms with Crippen molar-refractivity contribution in [3.8, 4) is 5.75 Å². The van der Waals surface area contributed by atoms with Crippen LogP contribution < -0.4 is 15.6 Å². The number of aromatic amines is 1. The zero-order valence-electron chi connectivity index (χ0n) is 14.5. The molecule has 1 aliphatic carbocycles. The van der Waals surface area contributed by atoms with Gasteiger partial charge in [0.05, 0.1) is 18.6 Å². The summed E-state index contributed by atoms with van der Waals surface area (Å²) >= 11 is 1.38. The van der Waals surface area contributed by atoms with Gasteiger partial charge in [-0.2, -0.15) is 0 Å². The maximum atomic E-state index is 12.8. The molecule has 7 heteroatoms. The number of fused-ring (bicyclic) bond motifs is 2. The van der Waals surface area contributed by atoms with Crippen molar-refractivity contribution in [1.82, 2.24) is 9.97 Å². The van der Waals surface area contributed by atoms with E-state index in [-0.39, 0.29) is 23.2 Å². The molecule has 0 saturated heterocycles. The van der Waals surface area contributed by atoms with E-state index in [1.807, 2.05) is 36.6 Å². The van der Waals surface area contributed by atoms with Gasteiger partial charge in [-0.1, -0.05) is 30.0 Å². The second-order valence-electron chi connectivity index (χ2n) is 6.36. The summed E-state index contributed by atoms with van der Waals surface area (Å²) in [6, 6.07) is 7.54. The molecule has 2 atom stereocenters. The maximum Gasteiger partial charge on any atom is 0.257 e. The van der Waals surface area contributed by atoms with E-state index in [4.69, 9.17) is 4.74 Å². The van der Waals surface area contributed by atoms with Crippen LogP contribution in [0.25, 0.3) is 0 Å². The average molecular weight is 369 g/mol. The number of H-pyrrole nitrogens is 1. The van der Waals surface area contributed by atoms with Gasteiger partial charge in [0.15, 0.2) is 5.16 Å². The standard InChI is InChI=1S/C19H19N3O3S/c1-25-11-8-6-10(7-9-11)14-15-12(4-3-5-13(15)23)20-17-16(14)18(24)22-19(21-17)26-2/h4,6-9,14-15H,3,5H2,1-2H3,(H2,20,21,22,24)/t14-,15-/m0/s1. The van der Waals surface area contributed by atoms with Gasteiger partial charge in [0.25, 0.3) is 5.56 Å². The number of thioether (sulfide) groups is 1. The third-order valence-corrected chi connectivity index (χ3v) is 5.53. The Bertz CT molecular complexity index is 949. The number of Topliss-reactive ketones (excluding diaryl/α,β-unsaturated/α-hetero) is 1. The minimum absolute atomic E-state index is 0.148. The summed E-state index contributed by atoms with van der Waals surface area (Å²) in [6.07, 6.45) is 5.11. The van der Waals surface area contributed by atoms with Crippen LogP contribution in [0.1, 0.15) is 29.9 Å². The molecular formula is C19H19N3O3S. The summed E-state index contributed by atoms with van der Waals surface area (Å²) in [5, 5.41) is 3.79. The Labute approximate surface area is 155 Å². The van der Waals surface area contributed by atoms with E-state index in [0.717, 1.165) is 17.0 Å². The third kappa shape index (κ3) is 2.72. The van der Waals surface area contributed by atoms with Crippen molar-refractivity contribution in [3.63, 3.8) is 0 Å². The number of aromatic nitrogens is 2. The Morgan fingerprint density at radius 1 is 1.19 bits per heavy atom. The Morgan fingerprint density at radius 2 is 1.96 bits per heavy atom. The molecule has 6 nitrogen and oxygen atoms in total. The number of hydrogen-bond donors (Lipinski definition) is 2. The summed E-state index contributed by atoms with van der Waals surface area (Å²) in [4.78, 5) is 32.9. The van der Waals surface area contributed by atoms with Crippen LogP contribution in [-0.4, -0.2) is 29.1 Å². The summed E-state index contributed by atoms with van der Waals surface area (Å²) in [6.45, 7) is 0. The number of hydrogen-bond acceptors (Lipinski definition) is 6. The van der Waals surface area contributed by atoms with Gasteiger partial charge in [-0.05, 0) is 30.4 Å². The molecule has 4 rings (SSSR count). The van der Waals surface area contributed by atoms with Crippen LogP contribution in [0.4, 0.5) is 5.82 Å². The molecular weight excluding hydrogens is 350 g/mol. The zero-order chi connectivity index (χ0) is 18.3. The molecule has 0 unspecified atom stereocenters. The highest BCUT2D eigenvalue weighted by Gasteiger charge is 2.42. The molecule has 0 radical (unpaired) electrons. The molecule has 2 aliphatic rings. The van der Waals surface area contributed by atoms with Gasteiger partial charge in [0.2, 0.25) is 0 Å². The molecule has 1 aliphatic heterocycles. The van der Waals surface area contributed by atoms with Crippen molar-refractivity contribution in [2.45, 2.75) is 23.9 Å². The molecule has 0 saturated carbocycles. The molecule has 0 amide bonds. The van der Waals surface area contributed by atoms with E-state index < -0.39 is 0 Å². The number of methoxy groups -OCH3 is 1. The first-order valence-corrected chi connectivity index (χ1v) is 9.66. The van der Waals surface area contributed by atoms with E-state index in [2.05, 4.69) is 15.3 Å². The number of rotatable bonds is 3. The highest BCUT2D eigenvalue weighted by molar-refractivity contribution is 7.98. The van der Waals surface area contributed by atoms with Crippen molar-refractivity contribution in [1.29, 1.82) is 0 Å². The minimum Gasteiger partial charge on any atom is -0.497 e. The zero-order valence-corrected chi connectivity index (χ0v) is 15.4. The number of allylic oxidation sites excluding steroid dienone is 2. The SMILES string of the molecule is COc1ccc([C@@H]2c3c(nc(SC)[nH]c3=O)NC3=CCCC(=O)[C@H]32)cc1. The van der Waals surface area contributed by atoms with Crippen molar-refractivity contribution < 1.29 is 9.53 Å². The van der Waals surface area contributed by atoms with Crippen LogP contribution in [0, 0.1) is 5.92 Å². The molecule has 2 heterocycles.